The minimum absolute atomic E-state index is 0.454. The standard InChI is InChI=1S/C7H5F3N2O/c8-3-1-2(7(12)13)6(11)5(10)4(3)9/h1H,11H2,(H2,12,13). The topological polar surface area (TPSA) is 69.1 Å². The van der Waals surface area contributed by atoms with Crippen molar-refractivity contribution < 1.29 is 18.0 Å². The van der Waals surface area contributed by atoms with Crippen LogP contribution in [0.3, 0.4) is 0 Å². The van der Waals surface area contributed by atoms with Gasteiger partial charge in [-0.05, 0) is 6.07 Å². The average molecular weight is 190 g/mol. The van der Waals surface area contributed by atoms with Gasteiger partial charge in [0.25, 0.3) is 5.91 Å². The molecule has 0 aliphatic heterocycles. The monoisotopic (exact) mass is 190 g/mol. The van der Waals surface area contributed by atoms with E-state index in [0.29, 0.717) is 6.07 Å². The van der Waals surface area contributed by atoms with E-state index in [9.17, 15) is 18.0 Å². The van der Waals surface area contributed by atoms with E-state index >= 15 is 0 Å². The molecule has 0 heterocycles. The number of hydrogen-bond acceptors (Lipinski definition) is 2. The van der Waals surface area contributed by atoms with Crippen LogP contribution in [0.5, 0.6) is 0 Å². The van der Waals surface area contributed by atoms with Gasteiger partial charge in [0, 0.05) is 0 Å². The lowest BCUT2D eigenvalue weighted by atomic mass is 10.1. The predicted molar refractivity (Wildman–Crippen MR) is 39.2 cm³/mol. The normalized spacial score (nSPS) is 10.1. The number of carbonyl (C=O) groups excluding carboxylic acids is 1. The van der Waals surface area contributed by atoms with E-state index in [2.05, 4.69) is 0 Å². The fourth-order valence-electron chi connectivity index (χ4n) is 0.813. The lowest BCUT2D eigenvalue weighted by Crippen LogP contribution is -2.16. The van der Waals surface area contributed by atoms with Crippen LogP contribution in [0.4, 0.5) is 18.9 Å². The van der Waals surface area contributed by atoms with Crippen molar-refractivity contribution in [2.24, 2.45) is 5.73 Å². The van der Waals surface area contributed by atoms with Crippen LogP contribution >= 0.6 is 0 Å². The van der Waals surface area contributed by atoms with Gasteiger partial charge in [0.15, 0.2) is 17.5 Å². The van der Waals surface area contributed by atoms with Crippen LogP contribution in [0.1, 0.15) is 10.4 Å². The molecule has 3 nitrogen and oxygen atoms in total. The second-order valence-electron chi connectivity index (χ2n) is 2.31. The second-order valence-corrected chi connectivity index (χ2v) is 2.31. The Balaban J connectivity index is 3.50. The summed E-state index contributed by atoms with van der Waals surface area (Å²) in [4.78, 5) is 10.5. The summed E-state index contributed by atoms with van der Waals surface area (Å²) < 4.78 is 37.6. The summed E-state index contributed by atoms with van der Waals surface area (Å²) in [6.45, 7) is 0. The van der Waals surface area contributed by atoms with Crippen LogP contribution in [-0.4, -0.2) is 5.91 Å². The predicted octanol–water partition coefficient (Wildman–Crippen LogP) is 0.785. The van der Waals surface area contributed by atoms with Crippen LogP contribution in [0, 0.1) is 17.5 Å². The van der Waals surface area contributed by atoms with Crippen molar-refractivity contribution in [3.05, 3.63) is 29.1 Å². The maximum atomic E-state index is 12.7. The third-order valence-corrected chi connectivity index (χ3v) is 1.47. The first-order chi connectivity index (χ1) is 5.95. The van der Waals surface area contributed by atoms with E-state index in [4.69, 9.17) is 11.5 Å². The van der Waals surface area contributed by atoms with E-state index in [0.717, 1.165) is 0 Å². The molecular weight excluding hydrogens is 185 g/mol. The Labute approximate surface area is 71.1 Å². The van der Waals surface area contributed by atoms with E-state index in [-0.39, 0.29) is 0 Å². The van der Waals surface area contributed by atoms with E-state index < -0.39 is 34.6 Å². The Hall–Kier alpha value is -1.72. The molecule has 70 valence electrons. The van der Waals surface area contributed by atoms with Crippen LogP contribution in [0.2, 0.25) is 0 Å². The largest absolute Gasteiger partial charge is 0.396 e. The van der Waals surface area contributed by atoms with Gasteiger partial charge < -0.3 is 11.5 Å². The fourth-order valence-corrected chi connectivity index (χ4v) is 0.813. The second kappa shape index (κ2) is 2.96. The quantitative estimate of drug-likeness (QED) is 0.507. The van der Waals surface area contributed by atoms with E-state index in [1.165, 1.54) is 0 Å². The Morgan fingerprint density at radius 2 is 1.77 bits per heavy atom. The van der Waals surface area contributed by atoms with Gasteiger partial charge in [-0.25, -0.2) is 13.2 Å². The zero-order valence-electron chi connectivity index (χ0n) is 6.27. The van der Waals surface area contributed by atoms with E-state index in [1.807, 2.05) is 0 Å². The molecule has 0 radical (unpaired) electrons. The third kappa shape index (κ3) is 1.42. The smallest absolute Gasteiger partial charge is 0.251 e. The first kappa shape index (κ1) is 9.37. The van der Waals surface area contributed by atoms with Crippen molar-refractivity contribution in [2.75, 3.05) is 5.73 Å². The van der Waals surface area contributed by atoms with Gasteiger partial charge in [-0.1, -0.05) is 0 Å². The van der Waals surface area contributed by atoms with Gasteiger partial charge in [0.1, 0.15) is 0 Å². The SMILES string of the molecule is NC(=O)c1cc(F)c(F)c(F)c1N. The van der Waals surface area contributed by atoms with Gasteiger partial charge in [0.2, 0.25) is 0 Å². The Morgan fingerprint density at radius 1 is 1.23 bits per heavy atom. The number of primary amides is 1. The molecule has 1 amide bonds. The number of halogens is 3. The molecule has 0 fully saturated rings. The molecule has 1 aromatic rings. The van der Waals surface area contributed by atoms with E-state index in [1.54, 1.807) is 0 Å². The molecule has 0 aromatic heterocycles. The Morgan fingerprint density at radius 3 is 2.23 bits per heavy atom. The molecule has 0 saturated heterocycles. The van der Waals surface area contributed by atoms with Crippen molar-refractivity contribution in [2.45, 2.75) is 0 Å². The van der Waals surface area contributed by atoms with Crippen LogP contribution in [0.15, 0.2) is 6.07 Å². The van der Waals surface area contributed by atoms with Crippen molar-refractivity contribution in [1.29, 1.82) is 0 Å². The molecule has 6 heteroatoms. The Bertz CT molecular complexity index is 378. The maximum absolute atomic E-state index is 12.7. The molecule has 0 unspecified atom stereocenters. The van der Waals surface area contributed by atoms with Crippen molar-refractivity contribution in [3.63, 3.8) is 0 Å². The molecule has 13 heavy (non-hydrogen) atoms. The summed E-state index contributed by atoms with van der Waals surface area (Å²) in [6, 6.07) is 0.454. The van der Waals surface area contributed by atoms with Gasteiger partial charge in [-0.15, -0.1) is 0 Å². The lowest BCUT2D eigenvalue weighted by Gasteiger charge is -2.03. The zero-order chi connectivity index (χ0) is 10.2. The minimum atomic E-state index is -1.72. The number of amides is 1. The molecule has 1 aromatic carbocycles. The van der Waals surface area contributed by atoms with Crippen LogP contribution < -0.4 is 11.5 Å². The van der Waals surface area contributed by atoms with Gasteiger partial charge in [-0.3, -0.25) is 4.79 Å². The first-order valence-electron chi connectivity index (χ1n) is 3.18. The number of hydrogen-bond donors (Lipinski definition) is 2. The first-order valence-corrected chi connectivity index (χ1v) is 3.18. The maximum Gasteiger partial charge on any atom is 0.251 e. The summed E-state index contributed by atoms with van der Waals surface area (Å²) in [5, 5.41) is 0. The minimum Gasteiger partial charge on any atom is -0.396 e. The van der Waals surface area contributed by atoms with Crippen molar-refractivity contribution in [1.82, 2.24) is 0 Å². The number of anilines is 1. The van der Waals surface area contributed by atoms with Crippen molar-refractivity contribution >= 4 is 11.6 Å². The highest BCUT2D eigenvalue weighted by Crippen LogP contribution is 2.21. The number of nitrogen functional groups attached to an aromatic ring is 1. The van der Waals surface area contributed by atoms with Crippen molar-refractivity contribution in [3.8, 4) is 0 Å². The number of benzene rings is 1. The van der Waals surface area contributed by atoms with Crippen LogP contribution in [0.25, 0.3) is 0 Å². The molecule has 0 bridgehead atoms. The molecule has 0 spiro atoms. The molecular formula is C7H5F3N2O. The van der Waals surface area contributed by atoms with Gasteiger partial charge in [-0.2, -0.15) is 0 Å². The summed E-state index contributed by atoms with van der Waals surface area (Å²) in [6.07, 6.45) is 0. The third-order valence-electron chi connectivity index (χ3n) is 1.47. The zero-order valence-corrected chi connectivity index (χ0v) is 6.27. The fraction of sp³-hybridized carbons (Fsp3) is 0. The van der Waals surface area contributed by atoms with Crippen LogP contribution in [-0.2, 0) is 0 Å². The highest BCUT2D eigenvalue weighted by atomic mass is 19.2. The lowest BCUT2D eigenvalue weighted by molar-refractivity contribution is 0.1000. The molecule has 4 N–H and O–H groups in total. The molecule has 0 aliphatic rings. The van der Waals surface area contributed by atoms with Gasteiger partial charge in [0.05, 0.1) is 11.3 Å². The molecule has 0 atom stereocenters. The summed E-state index contributed by atoms with van der Waals surface area (Å²) in [5.74, 6) is -5.94. The number of carbonyl (C=O) groups is 1. The Kier molecular flexibility index (Phi) is 2.14. The van der Waals surface area contributed by atoms with Gasteiger partial charge >= 0.3 is 0 Å². The molecule has 0 aliphatic carbocycles. The number of nitrogens with two attached hydrogens (primary N) is 2. The highest BCUT2D eigenvalue weighted by molar-refractivity contribution is 5.98. The molecule has 0 saturated carbocycles. The highest BCUT2D eigenvalue weighted by Gasteiger charge is 2.18. The molecule has 1 rings (SSSR count). The summed E-state index contributed by atoms with van der Waals surface area (Å²) in [5.41, 5.74) is 8.34. The number of rotatable bonds is 1. The summed E-state index contributed by atoms with van der Waals surface area (Å²) in [7, 11) is 0. The average Bonchev–Trinajstić information content (AvgIpc) is 2.07. The summed E-state index contributed by atoms with van der Waals surface area (Å²) >= 11 is 0.